The Labute approximate surface area is 191 Å². The van der Waals surface area contributed by atoms with Crippen molar-refractivity contribution < 1.29 is 45.0 Å². The van der Waals surface area contributed by atoms with Crippen molar-refractivity contribution in [3.05, 3.63) is 47.5 Å². The molecule has 2 rings (SSSR count). The minimum Gasteiger partial charge on any atom is -0.481 e. The third kappa shape index (κ3) is 7.45. The Kier molecular flexibility index (Phi) is 8.40. The van der Waals surface area contributed by atoms with E-state index in [-0.39, 0.29) is 5.56 Å². The van der Waals surface area contributed by atoms with E-state index in [1.807, 2.05) is 0 Å². The van der Waals surface area contributed by atoms with Gasteiger partial charge in [-0.05, 0) is 36.6 Å². The quantitative estimate of drug-likeness (QED) is 0.362. The average Bonchev–Trinajstić information content (AvgIpc) is 2.68. The van der Waals surface area contributed by atoms with E-state index in [2.05, 4.69) is 18.4 Å². The molecule has 1 heterocycles. The molecule has 1 N–H and O–H groups in total. The maximum absolute atomic E-state index is 14.9. The van der Waals surface area contributed by atoms with Gasteiger partial charge in [0.15, 0.2) is 0 Å². The summed E-state index contributed by atoms with van der Waals surface area (Å²) < 4.78 is 107. The van der Waals surface area contributed by atoms with Crippen LogP contribution in [0.15, 0.2) is 36.4 Å². The highest BCUT2D eigenvalue weighted by molar-refractivity contribution is 5.67. The molecule has 1 fully saturated rings. The molecule has 188 valence electrons. The number of allylic oxidation sites excluding steroid dienone is 1. The highest BCUT2D eigenvalue weighted by Gasteiger charge is 2.52. The molecule has 0 amide bonds. The molecular weight excluding hydrogens is 474 g/mol. The fraction of sp³-hybridized carbons (Fsp3) is 0.522. The van der Waals surface area contributed by atoms with Crippen molar-refractivity contribution in [3.8, 4) is 11.8 Å². The molecule has 1 aliphatic rings. The molecule has 0 saturated carbocycles. The third-order valence-corrected chi connectivity index (χ3v) is 5.51. The summed E-state index contributed by atoms with van der Waals surface area (Å²) in [6, 6.07) is 0.552. The van der Waals surface area contributed by atoms with Crippen LogP contribution in [-0.2, 0) is 11.0 Å². The number of nitrogens with zero attached hydrogens (tertiary/aromatic N) is 1. The number of alkyl halides is 8. The Hall–Kier alpha value is -2.61. The molecule has 3 unspecified atom stereocenters. The Morgan fingerprint density at radius 3 is 2.26 bits per heavy atom. The largest absolute Gasteiger partial charge is 0.481 e. The SMILES string of the molecule is C=C(C)C#CC(CCC(F)(F)F)N1CCC(F)(F)C(CC(=O)O)C1c1ccc(C(F)(F)F)cc1. The van der Waals surface area contributed by atoms with Crippen molar-refractivity contribution in [2.45, 2.75) is 63.0 Å². The van der Waals surface area contributed by atoms with Gasteiger partial charge in [-0.25, -0.2) is 8.78 Å². The number of rotatable bonds is 6. The number of hydrogen-bond donors (Lipinski definition) is 1. The number of aliphatic carboxylic acids is 1. The summed E-state index contributed by atoms with van der Waals surface area (Å²) >= 11 is 0. The van der Waals surface area contributed by atoms with Gasteiger partial charge < -0.3 is 5.11 Å². The van der Waals surface area contributed by atoms with E-state index >= 15 is 0 Å². The van der Waals surface area contributed by atoms with E-state index in [0.29, 0.717) is 17.7 Å². The number of hydrogen-bond acceptors (Lipinski definition) is 2. The molecule has 1 saturated heterocycles. The predicted octanol–water partition coefficient (Wildman–Crippen LogP) is 6.47. The number of carboxylic acids is 1. The molecular formula is C23H23F8NO2. The number of carboxylic acid groups (broad SMARTS) is 1. The number of halogens is 8. The van der Waals surface area contributed by atoms with Gasteiger partial charge in [0.05, 0.1) is 23.9 Å². The van der Waals surface area contributed by atoms with Crippen molar-refractivity contribution in [3.63, 3.8) is 0 Å². The first-order valence-corrected chi connectivity index (χ1v) is 10.3. The zero-order valence-corrected chi connectivity index (χ0v) is 18.1. The van der Waals surface area contributed by atoms with E-state index in [1.165, 1.54) is 11.8 Å². The van der Waals surface area contributed by atoms with Gasteiger partial charge in [0.2, 0.25) is 0 Å². The van der Waals surface area contributed by atoms with Gasteiger partial charge in [-0.15, -0.1) is 0 Å². The van der Waals surface area contributed by atoms with Crippen LogP contribution in [-0.4, -0.2) is 40.7 Å². The Balaban J connectivity index is 2.60. The molecule has 0 aliphatic carbocycles. The second-order valence-corrected chi connectivity index (χ2v) is 8.24. The zero-order chi connectivity index (χ0) is 25.9. The summed E-state index contributed by atoms with van der Waals surface area (Å²) in [4.78, 5) is 12.6. The lowest BCUT2D eigenvalue weighted by molar-refractivity contribution is -0.163. The van der Waals surface area contributed by atoms with Crippen LogP contribution in [0.3, 0.4) is 0 Å². The summed E-state index contributed by atoms with van der Waals surface area (Å²) in [7, 11) is 0. The molecule has 1 aromatic rings. The van der Waals surface area contributed by atoms with Crippen LogP contribution in [0.5, 0.6) is 0 Å². The van der Waals surface area contributed by atoms with Gasteiger partial charge in [-0.2, -0.15) is 26.3 Å². The van der Waals surface area contributed by atoms with Crippen molar-refractivity contribution in [2.75, 3.05) is 6.54 Å². The van der Waals surface area contributed by atoms with Gasteiger partial charge in [0.25, 0.3) is 5.92 Å². The fourth-order valence-electron chi connectivity index (χ4n) is 3.98. The molecule has 34 heavy (non-hydrogen) atoms. The lowest BCUT2D eigenvalue weighted by atomic mass is 9.78. The number of carbonyl (C=O) groups is 1. The fourth-order valence-corrected chi connectivity index (χ4v) is 3.98. The van der Waals surface area contributed by atoms with E-state index in [4.69, 9.17) is 0 Å². The van der Waals surface area contributed by atoms with E-state index in [9.17, 15) is 45.0 Å². The van der Waals surface area contributed by atoms with Crippen LogP contribution in [0.2, 0.25) is 0 Å². The van der Waals surface area contributed by atoms with Gasteiger partial charge in [-0.1, -0.05) is 30.6 Å². The minimum absolute atomic E-state index is 0.0623. The zero-order valence-electron chi connectivity index (χ0n) is 18.1. The molecule has 3 nitrogen and oxygen atoms in total. The monoisotopic (exact) mass is 497 g/mol. The molecule has 3 atom stereocenters. The molecule has 0 spiro atoms. The van der Waals surface area contributed by atoms with E-state index in [1.54, 1.807) is 0 Å². The summed E-state index contributed by atoms with van der Waals surface area (Å²) in [5, 5.41) is 9.24. The first-order valence-electron chi connectivity index (χ1n) is 10.3. The smallest absolute Gasteiger partial charge is 0.416 e. The Morgan fingerprint density at radius 2 is 1.79 bits per heavy atom. The van der Waals surface area contributed by atoms with Gasteiger partial charge in [-0.3, -0.25) is 9.69 Å². The molecule has 1 aromatic carbocycles. The summed E-state index contributed by atoms with van der Waals surface area (Å²) in [5.74, 6) is -1.82. The van der Waals surface area contributed by atoms with E-state index < -0.39 is 80.0 Å². The Morgan fingerprint density at radius 1 is 1.21 bits per heavy atom. The highest BCUT2D eigenvalue weighted by Crippen LogP contribution is 2.48. The molecule has 11 heteroatoms. The van der Waals surface area contributed by atoms with E-state index in [0.717, 1.165) is 12.1 Å². The summed E-state index contributed by atoms with van der Waals surface area (Å²) in [6.07, 6.45) is -13.0. The minimum atomic E-state index is -4.70. The maximum atomic E-state index is 14.9. The van der Waals surface area contributed by atoms with Crippen molar-refractivity contribution in [1.82, 2.24) is 4.90 Å². The summed E-state index contributed by atoms with van der Waals surface area (Å²) in [6.45, 7) is 4.62. The number of likely N-dealkylation sites (tertiary alicyclic amines) is 1. The third-order valence-electron chi connectivity index (χ3n) is 5.51. The summed E-state index contributed by atoms with van der Waals surface area (Å²) in [5.41, 5.74) is -0.795. The second-order valence-electron chi connectivity index (χ2n) is 8.24. The normalized spacial score (nSPS) is 21.9. The molecule has 1 aliphatic heterocycles. The van der Waals surface area contributed by atoms with Crippen LogP contribution in [0.25, 0.3) is 0 Å². The molecule has 0 bridgehead atoms. The first-order chi connectivity index (χ1) is 15.5. The van der Waals surface area contributed by atoms with Gasteiger partial charge in [0, 0.05) is 25.4 Å². The molecule has 0 aromatic heterocycles. The highest BCUT2D eigenvalue weighted by atomic mass is 19.4. The van der Waals surface area contributed by atoms with Crippen LogP contribution in [0, 0.1) is 17.8 Å². The van der Waals surface area contributed by atoms with Crippen molar-refractivity contribution in [2.24, 2.45) is 5.92 Å². The van der Waals surface area contributed by atoms with Crippen molar-refractivity contribution >= 4 is 5.97 Å². The first kappa shape index (κ1) is 27.6. The maximum Gasteiger partial charge on any atom is 0.416 e. The van der Waals surface area contributed by atoms with Crippen LogP contribution < -0.4 is 0 Å². The van der Waals surface area contributed by atoms with Crippen LogP contribution in [0.4, 0.5) is 35.1 Å². The molecule has 0 radical (unpaired) electrons. The lowest BCUT2D eigenvalue weighted by Crippen LogP contribution is -2.53. The average molecular weight is 497 g/mol. The van der Waals surface area contributed by atoms with Gasteiger partial charge in [0.1, 0.15) is 0 Å². The van der Waals surface area contributed by atoms with Crippen LogP contribution in [0.1, 0.15) is 49.8 Å². The van der Waals surface area contributed by atoms with Gasteiger partial charge >= 0.3 is 18.3 Å². The topological polar surface area (TPSA) is 40.5 Å². The Bertz CT molecular complexity index is 941. The number of piperidine rings is 1. The number of benzene rings is 1. The predicted molar refractivity (Wildman–Crippen MR) is 108 cm³/mol. The van der Waals surface area contributed by atoms with Crippen LogP contribution >= 0.6 is 0 Å². The van der Waals surface area contributed by atoms with Crippen molar-refractivity contribution in [1.29, 1.82) is 0 Å². The lowest BCUT2D eigenvalue weighted by Gasteiger charge is -2.47. The standard InChI is InChI=1S/C23H23F8NO2/c1-14(2)3-8-17(9-10-22(26,27)28)32-12-11-21(24,25)18(13-19(33)34)20(32)15-4-6-16(7-5-15)23(29,30)31/h4-7,17-18,20H,1,9-13H2,2H3,(H,33,34). The second kappa shape index (κ2) is 10.3.